The molecule has 0 aliphatic heterocycles. The molecule has 2 aliphatic rings. The lowest BCUT2D eigenvalue weighted by atomic mass is 9.91. The van der Waals surface area contributed by atoms with E-state index in [1.54, 1.807) is 17.8 Å². The molecule has 3 rings (SSSR count). The van der Waals surface area contributed by atoms with E-state index in [-0.39, 0.29) is 5.82 Å². The Labute approximate surface area is 125 Å². The van der Waals surface area contributed by atoms with Crippen LogP contribution in [-0.4, -0.2) is 11.3 Å². The number of benzene rings is 1. The van der Waals surface area contributed by atoms with Crippen molar-refractivity contribution in [2.24, 2.45) is 5.92 Å². The number of hydrogen-bond donors (Lipinski definition) is 1. The Morgan fingerprint density at radius 2 is 2.10 bits per heavy atom. The van der Waals surface area contributed by atoms with Gasteiger partial charge in [-0.15, -0.1) is 11.8 Å². The lowest BCUT2D eigenvalue weighted by molar-refractivity contribution is 0.394. The predicted molar refractivity (Wildman–Crippen MR) is 83.5 cm³/mol. The molecule has 2 fully saturated rings. The summed E-state index contributed by atoms with van der Waals surface area (Å²) in [5, 5.41) is 4.03. The van der Waals surface area contributed by atoms with E-state index in [0.717, 1.165) is 22.9 Å². The Kier molecular flexibility index (Phi) is 4.67. The van der Waals surface area contributed by atoms with E-state index in [9.17, 15) is 4.39 Å². The van der Waals surface area contributed by atoms with Crippen LogP contribution in [0, 0.1) is 11.7 Å². The van der Waals surface area contributed by atoms with E-state index < -0.39 is 0 Å². The van der Waals surface area contributed by atoms with Gasteiger partial charge in [0.05, 0.1) is 0 Å². The van der Waals surface area contributed by atoms with Crippen molar-refractivity contribution in [2.45, 2.75) is 68.2 Å². The molecule has 2 aliphatic carbocycles. The first-order chi connectivity index (χ1) is 9.70. The zero-order valence-electron chi connectivity index (χ0n) is 12.2. The molecule has 0 aromatic heterocycles. The van der Waals surface area contributed by atoms with Crippen molar-refractivity contribution in [3.05, 3.63) is 29.6 Å². The van der Waals surface area contributed by atoms with Crippen molar-refractivity contribution >= 4 is 11.8 Å². The van der Waals surface area contributed by atoms with Crippen LogP contribution in [0.15, 0.2) is 23.1 Å². The summed E-state index contributed by atoms with van der Waals surface area (Å²) in [4.78, 5) is 0.833. The summed E-state index contributed by atoms with van der Waals surface area (Å²) in [6.45, 7) is 3.11. The normalized spacial score (nSPS) is 26.7. The van der Waals surface area contributed by atoms with Crippen LogP contribution in [0.2, 0.25) is 0 Å². The van der Waals surface area contributed by atoms with Crippen LogP contribution in [0.25, 0.3) is 0 Å². The van der Waals surface area contributed by atoms with E-state index in [0.29, 0.717) is 11.3 Å². The predicted octanol–water partition coefficient (Wildman–Crippen LogP) is 4.75. The van der Waals surface area contributed by atoms with Gasteiger partial charge in [-0.1, -0.05) is 25.8 Å². The highest BCUT2D eigenvalue weighted by atomic mass is 32.2. The maximum absolute atomic E-state index is 14.2. The summed E-state index contributed by atoms with van der Waals surface area (Å²) < 4.78 is 14.2. The van der Waals surface area contributed by atoms with Crippen LogP contribution < -0.4 is 5.32 Å². The van der Waals surface area contributed by atoms with Crippen molar-refractivity contribution in [3.8, 4) is 0 Å². The first-order valence-corrected chi connectivity index (χ1v) is 8.77. The van der Waals surface area contributed by atoms with Gasteiger partial charge in [-0.3, -0.25) is 0 Å². The fraction of sp³-hybridized carbons (Fsp3) is 0.647. The summed E-state index contributed by atoms with van der Waals surface area (Å²) >= 11 is 1.74. The molecule has 0 spiro atoms. The maximum atomic E-state index is 14.2. The average molecular weight is 293 g/mol. The number of nitrogens with one attached hydrogen (secondary N) is 1. The lowest BCUT2D eigenvalue weighted by Gasteiger charge is -2.26. The summed E-state index contributed by atoms with van der Waals surface area (Å²) in [5.41, 5.74) is 1.07. The molecule has 0 saturated heterocycles. The monoisotopic (exact) mass is 293 g/mol. The van der Waals surface area contributed by atoms with Gasteiger partial charge in [0.2, 0.25) is 0 Å². The van der Waals surface area contributed by atoms with Crippen LogP contribution >= 0.6 is 11.8 Å². The van der Waals surface area contributed by atoms with Crippen molar-refractivity contribution in [2.75, 3.05) is 0 Å². The molecule has 0 radical (unpaired) electrons. The van der Waals surface area contributed by atoms with E-state index in [2.05, 4.69) is 18.3 Å². The van der Waals surface area contributed by atoms with E-state index in [4.69, 9.17) is 0 Å². The van der Waals surface area contributed by atoms with Gasteiger partial charge < -0.3 is 5.32 Å². The summed E-state index contributed by atoms with van der Waals surface area (Å²) in [6.07, 6.45) is 7.65. The standard InChI is InChI=1S/C17H24FNS/c1-12-3-2-4-15(9-12)20-17-8-5-13(10-16(17)18)11-19-14-6-7-14/h5,8,10,12,14-15,19H,2-4,6-7,9,11H2,1H3. The smallest absolute Gasteiger partial charge is 0.137 e. The largest absolute Gasteiger partial charge is 0.310 e. The van der Waals surface area contributed by atoms with Crippen LogP contribution in [0.3, 0.4) is 0 Å². The second-order valence-electron chi connectivity index (χ2n) is 6.43. The summed E-state index contributed by atoms with van der Waals surface area (Å²) in [6, 6.07) is 6.44. The van der Waals surface area contributed by atoms with Gasteiger partial charge in [0.15, 0.2) is 0 Å². The first-order valence-electron chi connectivity index (χ1n) is 7.89. The average Bonchev–Trinajstić information content (AvgIpc) is 3.23. The minimum absolute atomic E-state index is 0.0386. The van der Waals surface area contributed by atoms with Gasteiger partial charge in [-0.2, -0.15) is 0 Å². The Balaban J connectivity index is 1.58. The van der Waals surface area contributed by atoms with E-state index in [1.165, 1.54) is 38.5 Å². The summed E-state index contributed by atoms with van der Waals surface area (Å²) in [5.74, 6) is 0.759. The molecule has 1 N–H and O–H groups in total. The van der Waals surface area contributed by atoms with Crippen molar-refractivity contribution in [1.29, 1.82) is 0 Å². The van der Waals surface area contributed by atoms with E-state index in [1.807, 2.05) is 6.07 Å². The highest BCUT2D eigenvalue weighted by molar-refractivity contribution is 8.00. The molecule has 0 bridgehead atoms. The zero-order valence-corrected chi connectivity index (χ0v) is 13.0. The second kappa shape index (κ2) is 6.48. The van der Waals surface area contributed by atoms with Crippen LogP contribution in [0.5, 0.6) is 0 Å². The van der Waals surface area contributed by atoms with Crippen molar-refractivity contribution < 1.29 is 4.39 Å². The fourth-order valence-corrected chi connectivity index (χ4v) is 4.35. The molecule has 0 heterocycles. The third-order valence-electron chi connectivity index (χ3n) is 4.35. The quantitative estimate of drug-likeness (QED) is 0.841. The number of hydrogen-bond acceptors (Lipinski definition) is 2. The van der Waals surface area contributed by atoms with Crippen molar-refractivity contribution in [1.82, 2.24) is 5.32 Å². The third-order valence-corrected chi connectivity index (χ3v) is 5.70. The molecule has 2 saturated carbocycles. The number of thioether (sulfide) groups is 1. The molecule has 3 heteroatoms. The van der Waals surface area contributed by atoms with Crippen LogP contribution in [0.1, 0.15) is 51.0 Å². The topological polar surface area (TPSA) is 12.0 Å². The SMILES string of the molecule is CC1CCCC(Sc2ccc(CNC3CC3)cc2F)C1. The molecule has 0 amide bonds. The van der Waals surface area contributed by atoms with Gasteiger partial charge in [0, 0.05) is 22.7 Å². The molecule has 20 heavy (non-hydrogen) atoms. The summed E-state index contributed by atoms with van der Waals surface area (Å²) in [7, 11) is 0. The molecule has 1 nitrogen and oxygen atoms in total. The molecule has 1 aromatic rings. The Hall–Kier alpha value is -0.540. The van der Waals surface area contributed by atoms with Gasteiger partial charge in [-0.25, -0.2) is 4.39 Å². The molecular formula is C17H24FNS. The van der Waals surface area contributed by atoms with E-state index >= 15 is 0 Å². The third kappa shape index (κ3) is 3.98. The molecule has 2 unspecified atom stereocenters. The highest BCUT2D eigenvalue weighted by Crippen LogP contribution is 2.37. The lowest BCUT2D eigenvalue weighted by Crippen LogP contribution is -2.16. The van der Waals surface area contributed by atoms with Gasteiger partial charge >= 0.3 is 0 Å². The molecular weight excluding hydrogens is 269 g/mol. The Bertz CT molecular complexity index is 458. The minimum Gasteiger partial charge on any atom is -0.310 e. The minimum atomic E-state index is -0.0386. The first kappa shape index (κ1) is 14.4. The van der Waals surface area contributed by atoms with Gasteiger partial charge in [-0.05, 0) is 49.3 Å². The number of halogens is 1. The van der Waals surface area contributed by atoms with Gasteiger partial charge in [0.25, 0.3) is 0 Å². The zero-order chi connectivity index (χ0) is 13.9. The Morgan fingerprint density at radius 1 is 1.25 bits per heavy atom. The van der Waals surface area contributed by atoms with Crippen molar-refractivity contribution in [3.63, 3.8) is 0 Å². The molecule has 2 atom stereocenters. The Morgan fingerprint density at radius 3 is 2.80 bits per heavy atom. The fourth-order valence-electron chi connectivity index (χ4n) is 2.96. The van der Waals surface area contributed by atoms with Gasteiger partial charge in [0.1, 0.15) is 5.82 Å². The van der Waals surface area contributed by atoms with Crippen LogP contribution in [0.4, 0.5) is 4.39 Å². The van der Waals surface area contributed by atoms with Crippen LogP contribution in [-0.2, 0) is 6.54 Å². The second-order valence-corrected chi connectivity index (χ2v) is 7.77. The number of rotatable bonds is 5. The molecule has 110 valence electrons. The molecule has 1 aromatic carbocycles. The highest BCUT2D eigenvalue weighted by Gasteiger charge is 2.22. The maximum Gasteiger partial charge on any atom is 0.137 e.